The van der Waals surface area contributed by atoms with Gasteiger partial charge in [-0.15, -0.1) is 11.3 Å². The number of methoxy groups -OCH3 is 1. The lowest BCUT2D eigenvalue weighted by atomic mass is 10.1. The lowest BCUT2D eigenvalue weighted by Crippen LogP contribution is -2.30. The monoisotopic (exact) mass is 429 g/mol. The van der Waals surface area contributed by atoms with E-state index in [4.69, 9.17) is 9.72 Å². The molecule has 1 N–H and O–H groups in total. The Labute approximate surface area is 175 Å². The molecule has 3 aromatic rings. The van der Waals surface area contributed by atoms with Crippen molar-refractivity contribution in [2.45, 2.75) is 19.9 Å². The van der Waals surface area contributed by atoms with Crippen LogP contribution in [0.4, 0.5) is 10.8 Å². The first-order chi connectivity index (χ1) is 14.0. The average molecular weight is 430 g/mol. The van der Waals surface area contributed by atoms with Crippen molar-refractivity contribution in [2.75, 3.05) is 29.0 Å². The maximum atomic E-state index is 12.3. The number of hydrogen-bond acceptors (Lipinski definition) is 6. The summed E-state index contributed by atoms with van der Waals surface area (Å²) in [5.74, 6) is 0.962. The number of sulfonamides is 1. The van der Waals surface area contributed by atoms with E-state index in [1.54, 1.807) is 25.4 Å². The topological polar surface area (TPSA) is 71.5 Å². The molecule has 0 bridgehead atoms. The van der Waals surface area contributed by atoms with Crippen LogP contribution in [0.5, 0.6) is 5.75 Å². The molecule has 6 nitrogen and oxygen atoms in total. The van der Waals surface area contributed by atoms with Gasteiger partial charge < -0.3 is 10.1 Å². The van der Waals surface area contributed by atoms with Crippen molar-refractivity contribution in [3.05, 3.63) is 59.0 Å². The molecule has 152 valence electrons. The standard InChI is InChI=1S/C21H23N3O3S2/c1-3-29(25,26)24-11-10-16-12-15(8-9-19(16)24)18-14-28-21(23-18)22-13-17-6-4-5-7-20(17)27-2/h4-9,12,14H,3,10-11,13H2,1-2H3,(H,22,23). The zero-order chi connectivity index (χ0) is 20.4. The predicted octanol–water partition coefficient (Wildman–Crippen LogP) is 4.14. The van der Waals surface area contributed by atoms with Gasteiger partial charge in [-0.05, 0) is 37.1 Å². The summed E-state index contributed by atoms with van der Waals surface area (Å²) in [5, 5.41) is 6.20. The molecule has 4 rings (SSSR count). The number of nitrogens with zero attached hydrogens (tertiary/aromatic N) is 2. The Kier molecular flexibility index (Phi) is 5.47. The Morgan fingerprint density at radius 1 is 1.24 bits per heavy atom. The van der Waals surface area contributed by atoms with Gasteiger partial charge in [0, 0.05) is 29.6 Å². The molecular formula is C21H23N3O3S2. The molecule has 0 radical (unpaired) electrons. The molecule has 0 atom stereocenters. The summed E-state index contributed by atoms with van der Waals surface area (Å²) in [5.41, 5.74) is 4.80. The van der Waals surface area contributed by atoms with Gasteiger partial charge in [0.15, 0.2) is 5.13 Å². The number of rotatable bonds is 7. The summed E-state index contributed by atoms with van der Waals surface area (Å²) in [6.45, 7) is 2.82. The molecule has 1 aliphatic heterocycles. The Balaban J connectivity index is 1.50. The molecule has 29 heavy (non-hydrogen) atoms. The first kappa shape index (κ1) is 19.7. The zero-order valence-corrected chi connectivity index (χ0v) is 18.0. The van der Waals surface area contributed by atoms with Gasteiger partial charge in [-0.2, -0.15) is 0 Å². The van der Waals surface area contributed by atoms with Gasteiger partial charge >= 0.3 is 0 Å². The molecule has 0 saturated carbocycles. The van der Waals surface area contributed by atoms with Crippen molar-refractivity contribution in [3.8, 4) is 17.0 Å². The quantitative estimate of drug-likeness (QED) is 0.611. The molecule has 0 saturated heterocycles. The predicted molar refractivity (Wildman–Crippen MR) is 118 cm³/mol. The van der Waals surface area contributed by atoms with Crippen molar-refractivity contribution in [1.82, 2.24) is 4.98 Å². The van der Waals surface area contributed by atoms with Gasteiger partial charge in [0.25, 0.3) is 0 Å². The molecule has 1 aromatic heterocycles. The van der Waals surface area contributed by atoms with E-state index in [2.05, 4.69) is 11.4 Å². The largest absolute Gasteiger partial charge is 0.496 e. The Morgan fingerprint density at radius 2 is 2.07 bits per heavy atom. The van der Waals surface area contributed by atoms with E-state index < -0.39 is 10.0 Å². The minimum atomic E-state index is -3.22. The van der Waals surface area contributed by atoms with E-state index in [1.807, 2.05) is 41.8 Å². The highest BCUT2D eigenvalue weighted by atomic mass is 32.2. The van der Waals surface area contributed by atoms with Crippen LogP contribution in [0.1, 0.15) is 18.1 Å². The van der Waals surface area contributed by atoms with Crippen molar-refractivity contribution >= 4 is 32.2 Å². The fraction of sp³-hybridized carbons (Fsp3) is 0.286. The number of nitrogens with one attached hydrogen (secondary N) is 1. The van der Waals surface area contributed by atoms with E-state index in [0.29, 0.717) is 13.1 Å². The van der Waals surface area contributed by atoms with Gasteiger partial charge in [-0.3, -0.25) is 4.31 Å². The molecule has 1 aliphatic rings. The third-order valence-electron chi connectivity index (χ3n) is 5.06. The summed E-state index contributed by atoms with van der Waals surface area (Å²) in [6.07, 6.45) is 0.728. The van der Waals surface area contributed by atoms with Crippen molar-refractivity contribution in [1.29, 1.82) is 0 Å². The highest BCUT2D eigenvalue weighted by molar-refractivity contribution is 7.92. The van der Waals surface area contributed by atoms with E-state index >= 15 is 0 Å². The number of fused-ring (bicyclic) bond motifs is 1. The minimum absolute atomic E-state index is 0.113. The lowest BCUT2D eigenvalue weighted by Gasteiger charge is -2.18. The second-order valence-corrected chi connectivity index (χ2v) is 9.81. The normalized spacial score (nSPS) is 13.4. The molecule has 8 heteroatoms. The molecule has 0 spiro atoms. The van der Waals surface area contributed by atoms with E-state index in [1.165, 1.54) is 4.31 Å². The molecule has 2 aromatic carbocycles. The molecule has 2 heterocycles. The Bertz CT molecular complexity index is 1130. The molecule has 0 aliphatic carbocycles. The summed E-state index contributed by atoms with van der Waals surface area (Å²) >= 11 is 1.55. The van der Waals surface area contributed by atoms with Crippen LogP contribution in [0.2, 0.25) is 0 Å². The summed E-state index contributed by atoms with van der Waals surface area (Å²) < 4.78 is 31.4. The maximum absolute atomic E-state index is 12.3. The SMILES string of the molecule is CCS(=O)(=O)N1CCc2cc(-c3csc(NCc4ccccc4OC)n3)ccc21. The number of ether oxygens (including phenoxy) is 1. The number of aromatic nitrogens is 1. The highest BCUT2D eigenvalue weighted by Gasteiger charge is 2.28. The van der Waals surface area contributed by atoms with Gasteiger partial charge in [-0.1, -0.05) is 24.3 Å². The molecule has 0 amide bonds. The maximum Gasteiger partial charge on any atom is 0.234 e. The van der Waals surface area contributed by atoms with Gasteiger partial charge in [0.2, 0.25) is 10.0 Å². The van der Waals surface area contributed by atoms with Gasteiger partial charge in [-0.25, -0.2) is 13.4 Å². The number of benzene rings is 2. The third-order valence-corrected chi connectivity index (χ3v) is 7.64. The van der Waals surface area contributed by atoms with E-state index in [-0.39, 0.29) is 5.75 Å². The number of anilines is 2. The number of hydrogen-bond donors (Lipinski definition) is 1. The zero-order valence-electron chi connectivity index (χ0n) is 16.4. The first-order valence-corrected chi connectivity index (χ1v) is 12.0. The summed E-state index contributed by atoms with van der Waals surface area (Å²) in [4.78, 5) is 4.70. The molecule has 0 fully saturated rings. The Morgan fingerprint density at radius 3 is 2.86 bits per heavy atom. The fourth-order valence-corrected chi connectivity index (χ4v) is 5.36. The summed E-state index contributed by atoms with van der Waals surface area (Å²) in [7, 11) is -1.56. The van der Waals surface area contributed by atoms with Crippen LogP contribution >= 0.6 is 11.3 Å². The van der Waals surface area contributed by atoms with Crippen LogP contribution in [0.25, 0.3) is 11.3 Å². The summed E-state index contributed by atoms with van der Waals surface area (Å²) in [6, 6.07) is 13.8. The lowest BCUT2D eigenvalue weighted by molar-refractivity contribution is 0.410. The second kappa shape index (κ2) is 8.04. The van der Waals surface area contributed by atoms with Crippen LogP contribution in [-0.2, 0) is 23.0 Å². The van der Waals surface area contributed by atoms with Gasteiger partial charge in [0.05, 0.1) is 24.2 Å². The van der Waals surface area contributed by atoms with E-state index in [0.717, 1.165) is 45.4 Å². The van der Waals surface area contributed by atoms with Crippen LogP contribution in [0, 0.1) is 0 Å². The van der Waals surface area contributed by atoms with Crippen LogP contribution in [0.15, 0.2) is 47.8 Å². The molecule has 0 unspecified atom stereocenters. The average Bonchev–Trinajstić information content (AvgIpc) is 3.39. The molecular weight excluding hydrogens is 406 g/mol. The third kappa shape index (κ3) is 3.95. The second-order valence-electron chi connectivity index (χ2n) is 6.77. The minimum Gasteiger partial charge on any atom is -0.496 e. The van der Waals surface area contributed by atoms with Crippen LogP contribution < -0.4 is 14.4 Å². The van der Waals surface area contributed by atoms with Crippen molar-refractivity contribution in [2.24, 2.45) is 0 Å². The smallest absolute Gasteiger partial charge is 0.234 e. The highest BCUT2D eigenvalue weighted by Crippen LogP contribution is 2.35. The van der Waals surface area contributed by atoms with Crippen molar-refractivity contribution < 1.29 is 13.2 Å². The van der Waals surface area contributed by atoms with Gasteiger partial charge in [0.1, 0.15) is 5.75 Å². The van der Waals surface area contributed by atoms with Crippen LogP contribution in [-0.4, -0.2) is 32.8 Å². The van der Waals surface area contributed by atoms with Crippen molar-refractivity contribution in [3.63, 3.8) is 0 Å². The van der Waals surface area contributed by atoms with Crippen LogP contribution in [0.3, 0.4) is 0 Å². The number of thiazole rings is 1. The number of para-hydroxylation sites is 1. The van der Waals surface area contributed by atoms with E-state index in [9.17, 15) is 8.42 Å². The fourth-order valence-electron chi connectivity index (χ4n) is 3.48. The Hall–Kier alpha value is -2.58. The first-order valence-electron chi connectivity index (χ1n) is 9.47.